The minimum atomic E-state index is -4.28. The molecule has 0 aliphatic heterocycles. The molecule has 0 amide bonds. The summed E-state index contributed by atoms with van der Waals surface area (Å²) < 4.78 is 40.0. The van der Waals surface area contributed by atoms with Gasteiger partial charge in [-0.15, -0.1) is 11.3 Å². The molecule has 1 heterocycles. The van der Waals surface area contributed by atoms with Crippen molar-refractivity contribution in [3.63, 3.8) is 0 Å². The number of aromatic nitrogens is 1. The van der Waals surface area contributed by atoms with Gasteiger partial charge >= 0.3 is 6.18 Å². The maximum Gasteiger partial charge on any atom is 0.411 e. The maximum atomic E-state index is 11.8. The van der Waals surface area contributed by atoms with E-state index in [9.17, 15) is 13.2 Å². The molecule has 0 spiro atoms. The molecule has 18 heavy (non-hydrogen) atoms. The summed E-state index contributed by atoms with van der Waals surface area (Å²) >= 11 is 1.51. The van der Waals surface area contributed by atoms with Crippen molar-refractivity contribution in [1.82, 2.24) is 10.4 Å². The molecule has 0 bridgehead atoms. The largest absolute Gasteiger partial charge is 0.411 e. The van der Waals surface area contributed by atoms with Crippen LogP contribution in [-0.2, 0) is 11.2 Å². The van der Waals surface area contributed by atoms with Crippen molar-refractivity contribution in [2.45, 2.75) is 32.0 Å². The summed E-state index contributed by atoms with van der Waals surface area (Å²) in [6.45, 7) is 0.677. The van der Waals surface area contributed by atoms with Crippen LogP contribution in [0, 0.1) is 6.92 Å². The Morgan fingerprint density at radius 1 is 1.56 bits per heavy atom. The summed E-state index contributed by atoms with van der Waals surface area (Å²) in [5.41, 5.74) is 3.49. The highest BCUT2D eigenvalue weighted by Gasteiger charge is 2.27. The molecule has 0 aliphatic carbocycles. The molecular formula is C10H16F3N3OS. The normalized spacial score (nSPS) is 13.8. The molecule has 0 aromatic carbocycles. The third kappa shape index (κ3) is 6.29. The molecule has 0 radical (unpaired) electrons. The van der Waals surface area contributed by atoms with Gasteiger partial charge in [-0.1, -0.05) is 0 Å². The third-order valence-electron chi connectivity index (χ3n) is 2.20. The van der Waals surface area contributed by atoms with Gasteiger partial charge in [0.25, 0.3) is 0 Å². The zero-order chi connectivity index (χ0) is 13.6. The maximum absolute atomic E-state index is 11.8. The first-order valence-electron chi connectivity index (χ1n) is 5.42. The number of halogens is 3. The van der Waals surface area contributed by atoms with Gasteiger partial charge in [-0.05, 0) is 13.3 Å². The van der Waals surface area contributed by atoms with E-state index >= 15 is 0 Å². The molecule has 1 unspecified atom stereocenters. The Kier molecular flexibility index (Phi) is 6.00. The molecule has 0 aliphatic rings. The third-order valence-corrected chi connectivity index (χ3v) is 3.19. The summed E-state index contributed by atoms with van der Waals surface area (Å²) in [4.78, 5) is 4.27. The monoisotopic (exact) mass is 283 g/mol. The van der Waals surface area contributed by atoms with Crippen LogP contribution >= 0.6 is 11.3 Å². The second-order valence-electron chi connectivity index (χ2n) is 3.91. The Hall–Kier alpha value is -0.700. The van der Waals surface area contributed by atoms with Crippen molar-refractivity contribution in [3.8, 4) is 0 Å². The molecule has 1 aromatic rings. The number of nitrogens with zero attached hydrogens (tertiary/aromatic N) is 1. The van der Waals surface area contributed by atoms with E-state index in [1.165, 1.54) is 11.3 Å². The van der Waals surface area contributed by atoms with Crippen molar-refractivity contribution in [1.29, 1.82) is 0 Å². The van der Waals surface area contributed by atoms with Crippen molar-refractivity contribution in [3.05, 3.63) is 16.1 Å². The predicted molar refractivity (Wildman–Crippen MR) is 63.2 cm³/mol. The van der Waals surface area contributed by atoms with E-state index in [0.717, 1.165) is 10.7 Å². The fourth-order valence-electron chi connectivity index (χ4n) is 1.37. The number of hydrazine groups is 1. The van der Waals surface area contributed by atoms with Gasteiger partial charge in [0.05, 0.1) is 5.01 Å². The first-order chi connectivity index (χ1) is 8.40. The number of aryl methyl sites for hydroxylation is 1. The topological polar surface area (TPSA) is 60.2 Å². The fourth-order valence-corrected chi connectivity index (χ4v) is 2.22. The van der Waals surface area contributed by atoms with Gasteiger partial charge in [0, 0.05) is 30.1 Å². The van der Waals surface area contributed by atoms with E-state index in [0.29, 0.717) is 12.8 Å². The van der Waals surface area contributed by atoms with Crippen LogP contribution in [0.25, 0.3) is 0 Å². The Labute approximate surface area is 107 Å². The van der Waals surface area contributed by atoms with Gasteiger partial charge in [-0.3, -0.25) is 11.3 Å². The number of rotatable bonds is 7. The number of nitrogens with one attached hydrogen (secondary N) is 1. The average Bonchev–Trinajstić information content (AvgIpc) is 2.67. The number of hydrogen-bond acceptors (Lipinski definition) is 5. The Morgan fingerprint density at radius 3 is 2.78 bits per heavy atom. The first kappa shape index (κ1) is 15.4. The summed E-state index contributed by atoms with van der Waals surface area (Å²) in [5, 5.41) is 2.83. The Morgan fingerprint density at radius 2 is 2.28 bits per heavy atom. The van der Waals surface area contributed by atoms with E-state index in [2.05, 4.69) is 15.1 Å². The lowest BCUT2D eigenvalue weighted by atomic mass is 10.1. The Balaban J connectivity index is 2.25. The van der Waals surface area contributed by atoms with Crippen LogP contribution in [0.1, 0.15) is 17.1 Å². The lowest BCUT2D eigenvalue weighted by Gasteiger charge is -2.15. The molecule has 1 rings (SSSR count). The van der Waals surface area contributed by atoms with Crippen LogP contribution < -0.4 is 11.3 Å². The van der Waals surface area contributed by atoms with E-state index in [1.807, 2.05) is 12.3 Å². The van der Waals surface area contributed by atoms with Crippen molar-refractivity contribution in [2.24, 2.45) is 5.84 Å². The van der Waals surface area contributed by atoms with Crippen LogP contribution in [0.4, 0.5) is 13.2 Å². The second kappa shape index (κ2) is 7.03. The second-order valence-corrected chi connectivity index (χ2v) is 4.85. The molecule has 0 saturated heterocycles. The highest BCUT2D eigenvalue weighted by molar-refractivity contribution is 7.09. The van der Waals surface area contributed by atoms with Crippen LogP contribution in [0.3, 0.4) is 0 Å². The summed E-state index contributed by atoms with van der Waals surface area (Å²) in [5.74, 6) is 5.34. The molecule has 0 saturated carbocycles. The van der Waals surface area contributed by atoms with Crippen molar-refractivity contribution < 1.29 is 17.9 Å². The molecule has 8 heteroatoms. The van der Waals surface area contributed by atoms with Crippen LogP contribution in [0.2, 0.25) is 0 Å². The minimum absolute atomic E-state index is 0.0126. The van der Waals surface area contributed by atoms with Gasteiger partial charge in [0.2, 0.25) is 0 Å². The molecule has 1 atom stereocenters. The van der Waals surface area contributed by atoms with Gasteiger partial charge in [-0.2, -0.15) is 13.2 Å². The van der Waals surface area contributed by atoms with E-state index in [-0.39, 0.29) is 12.6 Å². The van der Waals surface area contributed by atoms with Crippen molar-refractivity contribution >= 4 is 11.3 Å². The van der Waals surface area contributed by atoms with Crippen LogP contribution in [0.5, 0.6) is 0 Å². The quantitative estimate of drug-likeness (QED) is 0.455. The summed E-state index contributed by atoms with van der Waals surface area (Å²) in [6.07, 6.45) is -3.28. The van der Waals surface area contributed by atoms with Gasteiger partial charge < -0.3 is 4.74 Å². The lowest BCUT2D eigenvalue weighted by molar-refractivity contribution is -0.174. The zero-order valence-electron chi connectivity index (χ0n) is 9.96. The molecule has 3 N–H and O–H groups in total. The van der Waals surface area contributed by atoms with Crippen molar-refractivity contribution in [2.75, 3.05) is 13.2 Å². The highest BCUT2D eigenvalue weighted by Crippen LogP contribution is 2.15. The van der Waals surface area contributed by atoms with Gasteiger partial charge in [0.15, 0.2) is 0 Å². The van der Waals surface area contributed by atoms with E-state index in [4.69, 9.17) is 5.84 Å². The average molecular weight is 283 g/mol. The number of thiazole rings is 1. The smallest absolute Gasteiger partial charge is 0.372 e. The lowest BCUT2D eigenvalue weighted by Crippen LogP contribution is -2.37. The number of alkyl halides is 3. The highest BCUT2D eigenvalue weighted by atomic mass is 32.1. The molecule has 4 nitrogen and oxygen atoms in total. The molecular weight excluding hydrogens is 267 g/mol. The fraction of sp³-hybridized carbons (Fsp3) is 0.700. The minimum Gasteiger partial charge on any atom is -0.372 e. The van der Waals surface area contributed by atoms with E-state index in [1.54, 1.807) is 0 Å². The zero-order valence-corrected chi connectivity index (χ0v) is 10.8. The first-order valence-corrected chi connectivity index (χ1v) is 6.30. The number of nitrogens with two attached hydrogens (primary N) is 1. The molecule has 1 aromatic heterocycles. The summed E-state index contributed by atoms with van der Waals surface area (Å²) in [6, 6.07) is -0.135. The van der Waals surface area contributed by atoms with E-state index < -0.39 is 12.8 Å². The SMILES string of the molecule is Cc1csc(CC(CCOCC(F)(F)F)NN)n1. The summed E-state index contributed by atoms with van der Waals surface area (Å²) in [7, 11) is 0. The molecule has 104 valence electrons. The van der Waals surface area contributed by atoms with Gasteiger partial charge in [-0.25, -0.2) is 4.98 Å². The molecule has 0 fully saturated rings. The number of hydrogen-bond donors (Lipinski definition) is 2. The van der Waals surface area contributed by atoms with Gasteiger partial charge in [0.1, 0.15) is 6.61 Å². The van der Waals surface area contributed by atoms with Crippen LogP contribution in [-0.4, -0.2) is 30.4 Å². The Bertz CT molecular complexity index is 356. The predicted octanol–water partition coefficient (Wildman–Crippen LogP) is 1.79. The number of ether oxygens (including phenoxy) is 1. The standard InChI is InChI=1S/C10H16F3N3OS/c1-7-5-18-9(15-7)4-8(16-14)2-3-17-6-10(11,12)13/h5,8,16H,2-4,6,14H2,1H3. The van der Waals surface area contributed by atoms with Crippen LogP contribution in [0.15, 0.2) is 5.38 Å².